The summed E-state index contributed by atoms with van der Waals surface area (Å²) in [6.07, 6.45) is 0. The van der Waals surface area contributed by atoms with Gasteiger partial charge in [-0.3, -0.25) is 14.4 Å². The van der Waals surface area contributed by atoms with Crippen LogP contribution in [0.4, 0.5) is 0 Å². The van der Waals surface area contributed by atoms with Crippen molar-refractivity contribution in [1.29, 1.82) is 0 Å². The van der Waals surface area contributed by atoms with Crippen molar-refractivity contribution in [1.82, 2.24) is 9.80 Å². The summed E-state index contributed by atoms with van der Waals surface area (Å²) in [4.78, 5) is 36.5. The van der Waals surface area contributed by atoms with Gasteiger partial charge in [-0.15, -0.1) is 0 Å². The highest BCUT2D eigenvalue weighted by molar-refractivity contribution is 5.92. The molecule has 1 saturated heterocycles. The Balaban J connectivity index is 2.71. The summed E-state index contributed by atoms with van der Waals surface area (Å²) in [7, 11) is 1.56. The molecule has 1 rings (SSSR count). The van der Waals surface area contributed by atoms with Crippen LogP contribution in [0.2, 0.25) is 0 Å². The zero-order valence-electron chi connectivity index (χ0n) is 9.69. The van der Waals surface area contributed by atoms with E-state index in [1.807, 2.05) is 0 Å². The van der Waals surface area contributed by atoms with Gasteiger partial charge in [0.15, 0.2) is 0 Å². The smallest absolute Gasteiger partial charge is 0.310 e. The average Bonchev–Trinajstić information content (AvgIpc) is 2.13. The summed E-state index contributed by atoms with van der Waals surface area (Å²) < 4.78 is 0. The molecule has 0 bridgehead atoms. The molecule has 1 heterocycles. The van der Waals surface area contributed by atoms with E-state index in [-0.39, 0.29) is 31.4 Å². The van der Waals surface area contributed by atoms with Crippen LogP contribution in [0.1, 0.15) is 13.8 Å². The highest BCUT2D eigenvalue weighted by Crippen LogP contribution is 2.18. The van der Waals surface area contributed by atoms with Crippen molar-refractivity contribution in [2.24, 2.45) is 5.41 Å². The number of amides is 2. The molecule has 2 amide bonds. The van der Waals surface area contributed by atoms with E-state index < -0.39 is 11.4 Å². The lowest BCUT2D eigenvalue weighted by Crippen LogP contribution is -2.55. The number of carboxylic acids is 1. The lowest BCUT2D eigenvalue weighted by Gasteiger charge is -2.35. The van der Waals surface area contributed by atoms with Crippen LogP contribution in [0, 0.1) is 5.41 Å². The zero-order valence-corrected chi connectivity index (χ0v) is 9.69. The first-order chi connectivity index (χ1) is 7.24. The second-order valence-electron chi connectivity index (χ2n) is 4.69. The van der Waals surface area contributed by atoms with Gasteiger partial charge in [-0.05, 0) is 13.8 Å². The van der Waals surface area contributed by atoms with E-state index in [2.05, 4.69) is 0 Å². The number of hydrogen-bond acceptors (Lipinski definition) is 3. The summed E-state index contributed by atoms with van der Waals surface area (Å²) in [5.74, 6) is -1.36. The van der Waals surface area contributed by atoms with Crippen molar-refractivity contribution in [2.45, 2.75) is 13.8 Å². The number of carboxylic acid groups (broad SMARTS) is 1. The summed E-state index contributed by atoms with van der Waals surface area (Å²) >= 11 is 0. The molecular weight excluding hydrogens is 212 g/mol. The average molecular weight is 228 g/mol. The molecule has 0 aromatic carbocycles. The molecule has 0 aliphatic carbocycles. The van der Waals surface area contributed by atoms with E-state index in [1.165, 1.54) is 23.6 Å². The van der Waals surface area contributed by atoms with Crippen molar-refractivity contribution >= 4 is 17.8 Å². The fourth-order valence-electron chi connectivity index (χ4n) is 1.45. The summed E-state index contributed by atoms with van der Waals surface area (Å²) in [6.45, 7) is 3.11. The van der Waals surface area contributed by atoms with Crippen LogP contribution < -0.4 is 0 Å². The van der Waals surface area contributed by atoms with E-state index in [4.69, 9.17) is 5.11 Å². The number of aliphatic carboxylic acids is 1. The standard InChI is InChI=1S/C10H16N2O4/c1-10(2,9(15)16)6-12-5-7(13)11(3)4-8(12)14/h4-6H2,1-3H3,(H,15,16). The van der Waals surface area contributed by atoms with E-state index in [9.17, 15) is 14.4 Å². The van der Waals surface area contributed by atoms with Crippen molar-refractivity contribution in [3.05, 3.63) is 0 Å². The Hall–Kier alpha value is -1.59. The Kier molecular flexibility index (Phi) is 3.21. The van der Waals surface area contributed by atoms with Gasteiger partial charge >= 0.3 is 5.97 Å². The maximum absolute atomic E-state index is 11.6. The molecule has 1 fully saturated rings. The number of hydrogen-bond donors (Lipinski definition) is 1. The molecular formula is C10H16N2O4. The Morgan fingerprint density at radius 3 is 2.38 bits per heavy atom. The molecule has 0 aromatic heterocycles. The fourth-order valence-corrected chi connectivity index (χ4v) is 1.45. The van der Waals surface area contributed by atoms with E-state index in [0.29, 0.717) is 0 Å². The molecule has 6 heteroatoms. The van der Waals surface area contributed by atoms with Crippen molar-refractivity contribution in [3.8, 4) is 0 Å². The molecule has 0 spiro atoms. The van der Waals surface area contributed by atoms with Crippen LogP contribution in [-0.4, -0.2) is 59.4 Å². The number of likely N-dealkylation sites (N-methyl/N-ethyl adjacent to an activating group) is 1. The van der Waals surface area contributed by atoms with Gasteiger partial charge in [0, 0.05) is 13.6 Å². The van der Waals surface area contributed by atoms with Gasteiger partial charge in [0.05, 0.1) is 18.5 Å². The first-order valence-electron chi connectivity index (χ1n) is 4.99. The molecule has 1 aliphatic heterocycles. The molecule has 0 saturated carbocycles. The lowest BCUT2D eigenvalue weighted by atomic mass is 9.93. The van der Waals surface area contributed by atoms with Gasteiger partial charge < -0.3 is 14.9 Å². The summed E-state index contributed by atoms with van der Waals surface area (Å²) in [6, 6.07) is 0. The molecule has 0 atom stereocenters. The monoisotopic (exact) mass is 228 g/mol. The third kappa shape index (κ3) is 2.50. The maximum atomic E-state index is 11.6. The van der Waals surface area contributed by atoms with Crippen LogP contribution >= 0.6 is 0 Å². The summed E-state index contributed by atoms with van der Waals surface area (Å²) in [5, 5.41) is 8.94. The van der Waals surface area contributed by atoms with E-state index in [0.717, 1.165) is 0 Å². The predicted molar refractivity (Wildman–Crippen MR) is 55.6 cm³/mol. The minimum Gasteiger partial charge on any atom is -0.481 e. The predicted octanol–water partition coefficient (Wildman–Crippen LogP) is -0.602. The molecule has 16 heavy (non-hydrogen) atoms. The zero-order chi connectivity index (χ0) is 12.5. The number of carbonyl (C=O) groups is 3. The molecule has 0 radical (unpaired) electrons. The Morgan fingerprint density at radius 1 is 1.31 bits per heavy atom. The summed E-state index contributed by atoms with van der Waals surface area (Å²) in [5.41, 5.74) is -1.04. The number of carbonyl (C=O) groups excluding carboxylic acids is 2. The number of nitrogens with zero attached hydrogens (tertiary/aromatic N) is 2. The second-order valence-corrected chi connectivity index (χ2v) is 4.69. The minimum atomic E-state index is -1.04. The van der Waals surface area contributed by atoms with Crippen molar-refractivity contribution in [2.75, 3.05) is 26.7 Å². The first-order valence-corrected chi connectivity index (χ1v) is 4.99. The fraction of sp³-hybridized carbons (Fsp3) is 0.700. The molecule has 1 aliphatic rings. The Morgan fingerprint density at radius 2 is 1.88 bits per heavy atom. The van der Waals surface area contributed by atoms with Gasteiger partial charge in [0.25, 0.3) is 0 Å². The normalized spacial score (nSPS) is 17.9. The van der Waals surface area contributed by atoms with Crippen molar-refractivity contribution in [3.63, 3.8) is 0 Å². The first kappa shape index (κ1) is 12.5. The third-order valence-electron chi connectivity index (χ3n) is 2.64. The van der Waals surface area contributed by atoms with E-state index in [1.54, 1.807) is 7.05 Å². The minimum absolute atomic E-state index is 0.0224. The van der Waals surface area contributed by atoms with Crippen molar-refractivity contribution < 1.29 is 19.5 Å². The Bertz CT molecular complexity index is 338. The van der Waals surface area contributed by atoms with Crippen LogP contribution in [0.25, 0.3) is 0 Å². The highest BCUT2D eigenvalue weighted by Gasteiger charge is 2.35. The van der Waals surface area contributed by atoms with Gasteiger partial charge in [0.1, 0.15) is 0 Å². The van der Waals surface area contributed by atoms with Gasteiger partial charge in [-0.1, -0.05) is 0 Å². The van der Waals surface area contributed by atoms with Gasteiger partial charge in [-0.25, -0.2) is 0 Å². The topological polar surface area (TPSA) is 77.9 Å². The third-order valence-corrected chi connectivity index (χ3v) is 2.64. The van der Waals surface area contributed by atoms with E-state index >= 15 is 0 Å². The molecule has 0 unspecified atom stereocenters. The largest absolute Gasteiger partial charge is 0.481 e. The Labute approximate surface area is 93.8 Å². The van der Waals surface area contributed by atoms with Crippen LogP contribution in [0.5, 0.6) is 0 Å². The van der Waals surface area contributed by atoms with Crippen LogP contribution in [0.3, 0.4) is 0 Å². The number of rotatable bonds is 3. The highest BCUT2D eigenvalue weighted by atomic mass is 16.4. The molecule has 0 aromatic rings. The van der Waals surface area contributed by atoms with Gasteiger partial charge in [0.2, 0.25) is 11.8 Å². The molecule has 90 valence electrons. The molecule has 6 nitrogen and oxygen atoms in total. The lowest BCUT2D eigenvalue weighted by molar-refractivity contribution is -0.155. The van der Waals surface area contributed by atoms with Crippen LogP contribution in [-0.2, 0) is 14.4 Å². The van der Waals surface area contributed by atoms with Crippen LogP contribution in [0.15, 0.2) is 0 Å². The van der Waals surface area contributed by atoms with Gasteiger partial charge in [-0.2, -0.15) is 0 Å². The SMILES string of the molecule is CN1CC(=O)N(CC(C)(C)C(=O)O)CC1=O. The number of piperazine rings is 1. The quantitative estimate of drug-likeness (QED) is 0.699. The maximum Gasteiger partial charge on any atom is 0.310 e. The second kappa shape index (κ2) is 4.11. The molecule has 1 N–H and O–H groups in total.